The van der Waals surface area contributed by atoms with Gasteiger partial charge in [0.15, 0.2) is 5.65 Å². The molecule has 0 bridgehead atoms. The number of pyridine rings is 1. The van der Waals surface area contributed by atoms with Gasteiger partial charge in [-0.05, 0) is 40.5 Å². The first-order valence-corrected chi connectivity index (χ1v) is 7.39. The molecule has 0 unspecified atom stereocenters. The standard InChI is InChI=1S/C14H9BrClF2N3/c1-7-2-10(18)12(4-9(7)17)21-13(5-16)20-11-3-8(15)6-19-14(11)21/h2-4,6H,5H2,1H3. The molecule has 0 aliphatic heterocycles. The lowest BCUT2D eigenvalue weighted by molar-refractivity contribution is 0.585. The molecule has 0 saturated heterocycles. The zero-order valence-corrected chi connectivity index (χ0v) is 13.2. The summed E-state index contributed by atoms with van der Waals surface area (Å²) >= 11 is 9.18. The van der Waals surface area contributed by atoms with Gasteiger partial charge in [0.2, 0.25) is 0 Å². The summed E-state index contributed by atoms with van der Waals surface area (Å²) < 4.78 is 30.2. The van der Waals surface area contributed by atoms with E-state index in [0.717, 1.165) is 16.6 Å². The lowest BCUT2D eigenvalue weighted by Gasteiger charge is -2.09. The molecule has 0 saturated carbocycles. The highest BCUT2D eigenvalue weighted by Gasteiger charge is 2.17. The molecule has 0 aliphatic carbocycles. The fraction of sp³-hybridized carbons (Fsp3) is 0.143. The molecule has 7 heteroatoms. The quantitative estimate of drug-likeness (QED) is 0.620. The van der Waals surface area contributed by atoms with Crippen LogP contribution in [0.25, 0.3) is 16.9 Å². The maximum atomic E-state index is 14.2. The normalized spacial score (nSPS) is 11.3. The zero-order chi connectivity index (χ0) is 15.1. The van der Waals surface area contributed by atoms with E-state index in [1.807, 2.05) is 0 Å². The van der Waals surface area contributed by atoms with Crippen LogP contribution in [0, 0.1) is 18.6 Å². The summed E-state index contributed by atoms with van der Waals surface area (Å²) in [6.45, 7) is 1.51. The van der Waals surface area contributed by atoms with Gasteiger partial charge in [-0.15, -0.1) is 11.6 Å². The van der Waals surface area contributed by atoms with Crippen LogP contribution in [0.5, 0.6) is 0 Å². The van der Waals surface area contributed by atoms with Crippen LogP contribution in [0.4, 0.5) is 8.78 Å². The number of hydrogen-bond acceptors (Lipinski definition) is 2. The molecule has 0 atom stereocenters. The third-order valence-corrected chi connectivity index (χ3v) is 3.79. The second-order valence-electron chi connectivity index (χ2n) is 4.55. The third-order valence-electron chi connectivity index (χ3n) is 3.12. The van der Waals surface area contributed by atoms with Gasteiger partial charge in [-0.25, -0.2) is 18.7 Å². The maximum absolute atomic E-state index is 14.2. The van der Waals surface area contributed by atoms with Crippen LogP contribution in [0.1, 0.15) is 11.4 Å². The smallest absolute Gasteiger partial charge is 0.164 e. The lowest BCUT2D eigenvalue weighted by atomic mass is 10.2. The van der Waals surface area contributed by atoms with E-state index in [0.29, 0.717) is 17.0 Å². The van der Waals surface area contributed by atoms with Gasteiger partial charge < -0.3 is 0 Å². The Kier molecular flexibility index (Phi) is 3.67. The molecular formula is C14H9BrClF2N3. The average molecular weight is 373 g/mol. The lowest BCUT2D eigenvalue weighted by Crippen LogP contribution is -2.04. The van der Waals surface area contributed by atoms with Crippen molar-refractivity contribution in [2.75, 3.05) is 0 Å². The Balaban J connectivity index is 2.36. The fourth-order valence-electron chi connectivity index (χ4n) is 2.14. The number of aromatic nitrogens is 3. The van der Waals surface area contributed by atoms with Gasteiger partial charge in [0.05, 0.1) is 11.6 Å². The first-order valence-electron chi connectivity index (χ1n) is 6.06. The fourth-order valence-corrected chi connectivity index (χ4v) is 2.64. The van der Waals surface area contributed by atoms with E-state index in [4.69, 9.17) is 11.6 Å². The van der Waals surface area contributed by atoms with Gasteiger partial charge >= 0.3 is 0 Å². The number of rotatable bonds is 2. The summed E-state index contributed by atoms with van der Waals surface area (Å²) in [5, 5.41) is 0. The van der Waals surface area contributed by atoms with Gasteiger partial charge in [0, 0.05) is 16.7 Å². The molecule has 3 nitrogen and oxygen atoms in total. The highest BCUT2D eigenvalue weighted by atomic mass is 79.9. The van der Waals surface area contributed by atoms with E-state index in [2.05, 4.69) is 25.9 Å². The van der Waals surface area contributed by atoms with Gasteiger partial charge in [0.1, 0.15) is 23.0 Å². The van der Waals surface area contributed by atoms with Crippen molar-refractivity contribution >= 4 is 38.7 Å². The van der Waals surface area contributed by atoms with Crippen molar-refractivity contribution in [3.05, 3.63) is 51.9 Å². The number of alkyl halides is 1. The van der Waals surface area contributed by atoms with E-state index in [1.165, 1.54) is 11.5 Å². The molecular weight excluding hydrogens is 364 g/mol. The predicted octanol–water partition coefficient (Wildman–Crippen LogP) is 4.51. The molecule has 2 heterocycles. The summed E-state index contributed by atoms with van der Waals surface area (Å²) in [5.41, 5.74) is 1.27. The predicted molar refractivity (Wildman–Crippen MR) is 80.8 cm³/mol. The van der Waals surface area contributed by atoms with Gasteiger partial charge in [-0.3, -0.25) is 4.57 Å². The van der Waals surface area contributed by atoms with Crippen LogP contribution in [-0.4, -0.2) is 14.5 Å². The van der Waals surface area contributed by atoms with Gasteiger partial charge in [-0.2, -0.15) is 0 Å². The second-order valence-corrected chi connectivity index (χ2v) is 5.73. The number of imidazole rings is 1. The molecule has 21 heavy (non-hydrogen) atoms. The molecule has 108 valence electrons. The Labute approximate surface area is 132 Å². The molecule has 1 aromatic carbocycles. The Hall–Kier alpha value is -1.53. The van der Waals surface area contributed by atoms with Gasteiger partial charge in [-0.1, -0.05) is 0 Å². The summed E-state index contributed by atoms with van der Waals surface area (Å²) in [7, 11) is 0. The SMILES string of the molecule is Cc1cc(F)c(-n2c(CCl)nc3cc(Br)cnc32)cc1F. The Morgan fingerprint density at radius 3 is 2.71 bits per heavy atom. The van der Waals surface area contributed by atoms with Crippen LogP contribution in [0.2, 0.25) is 0 Å². The molecule has 0 spiro atoms. The van der Waals surface area contributed by atoms with E-state index >= 15 is 0 Å². The second kappa shape index (κ2) is 5.35. The number of halogens is 4. The summed E-state index contributed by atoms with van der Waals surface area (Å²) in [5.74, 6) is -0.585. The van der Waals surface area contributed by atoms with Crippen LogP contribution in [0.15, 0.2) is 28.9 Å². The minimum absolute atomic E-state index is 0.0473. The van der Waals surface area contributed by atoms with Gasteiger partial charge in [0.25, 0.3) is 0 Å². The number of nitrogens with zero attached hydrogens (tertiary/aromatic N) is 3. The minimum atomic E-state index is -0.552. The highest BCUT2D eigenvalue weighted by Crippen LogP contribution is 2.26. The summed E-state index contributed by atoms with van der Waals surface area (Å²) in [6, 6.07) is 4.02. The van der Waals surface area contributed by atoms with Crippen LogP contribution in [0.3, 0.4) is 0 Å². The Bertz CT molecular complexity index is 848. The molecule has 0 fully saturated rings. The van der Waals surface area contributed by atoms with Crippen molar-refractivity contribution in [3.8, 4) is 5.69 Å². The van der Waals surface area contributed by atoms with E-state index < -0.39 is 11.6 Å². The summed E-state index contributed by atoms with van der Waals surface area (Å²) in [6.07, 6.45) is 1.57. The molecule has 0 radical (unpaired) electrons. The van der Waals surface area contributed by atoms with Crippen LogP contribution < -0.4 is 0 Å². The Morgan fingerprint density at radius 2 is 2.00 bits per heavy atom. The monoisotopic (exact) mass is 371 g/mol. The summed E-state index contributed by atoms with van der Waals surface area (Å²) in [4.78, 5) is 8.54. The van der Waals surface area contributed by atoms with Crippen molar-refractivity contribution in [2.24, 2.45) is 0 Å². The van der Waals surface area contributed by atoms with Crippen molar-refractivity contribution in [1.82, 2.24) is 14.5 Å². The van der Waals surface area contributed by atoms with Crippen LogP contribution >= 0.6 is 27.5 Å². The van der Waals surface area contributed by atoms with Crippen molar-refractivity contribution in [2.45, 2.75) is 12.8 Å². The number of fused-ring (bicyclic) bond motifs is 1. The Morgan fingerprint density at radius 1 is 1.24 bits per heavy atom. The maximum Gasteiger partial charge on any atom is 0.164 e. The number of benzene rings is 1. The average Bonchev–Trinajstić information content (AvgIpc) is 2.80. The zero-order valence-electron chi connectivity index (χ0n) is 10.9. The van der Waals surface area contributed by atoms with Crippen LogP contribution in [-0.2, 0) is 5.88 Å². The first kappa shape index (κ1) is 14.4. The molecule has 0 amide bonds. The largest absolute Gasteiger partial charge is 0.277 e. The van der Waals surface area contributed by atoms with Crippen molar-refractivity contribution < 1.29 is 8.78 Å². The highest BCUT2D eigenvalue weighted by molar-refractivity contribution is 9.10. The molecule has 3 rings (SSSR count). The van der Waals surface area contributed by atoms with Crippen molar-refractivity contribution in [1.29, 1.82) is 0 Å². The third kappa shape index (κ3) is 2.42. The molecule has 3 aromatic rings. The number of hydrogen-bond donors (Lipinski definition) is 0. The van der Waals surface area contributed by atoms with E-state index in [9.17, 15) is 8.78 Å². The topological polar surface area (TPSA) is 30.7 Å². The first-order chi connectivity index (χ1) is 10.0. The van der Waals surface area contributed by atoms with E-state index in [-0.39, 0.29) is 17.1 Å². The minimum Gasteiger partial charge on any atom is -0.277 e. The number of aryl methyl sites for hydroxylation is 1. The van der Waals surface area contributed by atoms with E-state index in [1.54, 1.807) is 12.3 Å². The molecule has 0 aliphatic rings. The van der Waals surface area contributed by atoms with Crippen molar-refractivity contribution in [3.63, 3.8) is 0 Å². The molecule has 0 N–H and O–H groups in total. The molecule has 2 aromatic heterocycles.